The number of carbonyl (C=O) groups is 1. The van der Waals surface area contributed by atoms with Gasteiger partial charge in [0.1, 0.15) is 24.1 Å². The number of aromatic nitrogens is 3. The van der Waals surface area contributed by atoms with E-state index >= 15 is 0 Å². The molecule has 0 atom stereocenters. The number of rotatable bonds is 6. The summed E-state index contributed by atoms with van der Waals surface area (Å²) in [6, 6.07) is 7.74. The number of esters is 1. The zero-order chi connectivity index (χ0) is 18.5. The third-order valence-electron chi connectivity index (χ3n) is 3.37. The van der Waals surface area contributed by atoms with E-state index in [4.69, 9.17) is 13.9 Å². The van der Waals surface area contributed by atoms with Crippen LogP contribution in [0.5, 0.6) is 11.5 Å². The Balaban J connectivity index is 1.68. The largest absolute Gasteiger partial charge is 0.497 e. The van der Waals surface area contributed by atoms with Crippen LogP contribution in [0.15, 0.2) is 57.3 Å². The summed E-state index contributed by atoms with van der Waals surface area (Å²) in [6.45, 7) is 0. The summed E-state index contributed by atoms with van der Waals surface area (Å²) in [5.41, 5.74) is -0.174. The standard InChI is InChI=1S/C17H15N3O5S/c1-20-10-18-19-17(20)26-9-13-7-14(21)15(8-24-13)25-16(22)11-4-3-5-12(6-11)23-2/h3-8,10H,9H2,1-2H3. The van der Waals surface area contributed by atoms with Crippen molar-refractivity contribution in [3.05, 3.63) is 64.5 Å². The predicted octanol–water partition coefficient (Wildman–Crippen LogP) is 2.29. The van der Waals surface area contributed by atoms with Crippen LogP contribution in [0, 0.1) is 0 Å². The summed E-state index contributed by atoms with van der Waals surface area (Å²) in [7, 11) is 3.32. The minimum Gasteiger partial charge on any atom is -0.497 e. The molecular weight excluding hydrogens is 358 g/mol. The maximum absolute atomic E-state index is 12.2. The van der Waals surface area contributed by atoms with Crippen LogP contribution in [0.4, 0.5) is 0 Å². The summed E-state index contributed by atoms with van der Waals surface area (Å²) < 4.78 is 17.3. The van der Waals surface area contributed by atoms with E-state index in [1.807, 2.05) is 7.05 Å². The molecule has 0 bridgehead atoms. The Hall–Kier alpha value is -3.07. The second kappa shape index (κ2) is 7.87. The number of thioether (sulfide) groups is 1. The minimum absolute atomic E-state index is 0.176. The molecule has 0 N–H and O–H groups in total. The summed E-state index contributed by atoms with van der Waals surface area (Å²) in [5.74, 6) is 0.501. The van der Waals surface area contributed by atoms with Gasteiger partial charge in [0, 0.05) is 13.1 Å². The zero-order valence-corrected chi connectivity index (χ0v) is 14.9. The van der Waals surface area contributed by atoms with Crippen molar-refractivity contribution in [2.45, 2.75) is 10.9 Å². The van der Waals surface area contributed by atoms with Crippen LogP contribution >= 0.6 is 11.8 Å². The fourth-order valence-corrected chi connectivity index (χ4v) is 2.81. The Bertz CT molecular complexity index is 982. The number of aryl methyl sites for hydroxylation is 1. The van der Waals surface area contributed by atoms with Crippen molar-refractivity contribution in [3.8, 4) is 11.5 Å². The Morgan fingerprint density at radius 3 is 2.88 bits per heavy atom. The molecule has 3 aromatic rings. The van der Waals surface area contributed by atoms with Crippen molar-refractivity contribution in [1.82, 2.24) is 14.8 Å². The Morgan fingerprint density at radius 2 is 2.19 bits per heavy atom. The normalized spacial score (nSPS) is 10.5. The first-order valence-electron chi connectivity index (χ1n) is 7.51. The number of nitrogens with zero attached hydrogens (tertiary/aromatic N) is 3. The number of ether oxygens (including phenoxy) is 2. The van der Waals surface area contributed by atoms with Crippen molar-refractivity contribution in [2.24, 2.45) is 7.05 Å². The molecule has 26 heavy (non-hydrogen) atoms. The van der Waals surface area contributed by atoms with E-state index < -0.39 is 11.4 Å². The number of hydrogen-bond acceptors (Lipinski definition) is 8. The van der Waals surface area contributed by atoms with E-state index in [9.17, 15) is 9.59 Å². The summed E-state index contributed by atoms with van der Waals surface area (Å²) in [4.78, 5) is 24.3. The molecule has 0 saturated heterocycles. The second-order valence-electron chi connectivity index (χ2n) is 5.21. The van der Waals surface area contributed by atoms with Gasteiger partial charge in [-0.05, 0) is 18.2 Å². The van der Waals surface area contributed by atoms with Gasteiger partial charge in [0.15, 0.2) is 5.16 Å². The van der Waals surface area contributed by atoms with Gasteiger partial charge in [-0.1, -0.05) is 17.8 Å². The summed E-state index contributed by atoms with van der Waals surface area (Å²) in [6.07, 6.45) is 2.71. The Morgan fingerprint density at radius 1 is 1.35 bits per heavy atom. The quantitative estimate of drug-likeness (QED) is 0.480. The van der Waals surface area contributed by atoms with Gasteiger partial charge in [-0.15, -0.1) is 10.2 Å². The maximum Gasteiger partial charge on any atom is 0.343 e. The van der Waals surface area contributed by atoms with Gasteiger partial charge in [0.05, 0.1) is 18.4 Å². The number of benzene rings is 1. The molecule has 8 nitrogen and oxygen atoms in total. The van der Waals surface area contributed by atoms with Crippen LogP contribution in [0.3, 0.4) is 0 Å². The molecule has 0 radical (unpaired) electrons. The lowest BCUT2D eigenvalue weighted by atomic mass is 10.2. The topological polar surface area (TPSA) is 96.4 Å². The highest BCUT2D eigenvalue weighted by molar-refractivity contribution is 7.98. The third kappa shape index (κ3) is 4.12. The van der Waals surface area contributed by atoms with Crippen LogP contribution in [0.2, 0.25) is 0 Å². The molecule has 0 saturated carbocycles. The van der Waals surface area contributed by atoms with E-state index in [1.165, 1.54) is 31.0 Å². The molecule has 0 amide bonds. The maximum atomic E-state index is 12.2. The van der Waals surface area contributed by atoms with Crippen molar-refractivity contribution >= 4 is 17.7 Å². The molecule has 0 aliphatic rings. The fraction of sp³-hybridized carbons (Fsp3) is 0.176. The lowest BCUT2D eigenvalue weighted by Crippen LogP contribution is -2.14. The highest BCUT2D eigenvalue weighted by Crippen LogP contribution is 2.20. The van der Waals surface area contributed by atoms with Gasteiger partial charge in [0.2, 0.25) is 11.2 Å². The average molecular weight is 373 g/mol. The molecule has 3 rings (SSSR count). The van der Waals surface area contributed by atoms with Gasteiger partial charge in [0.25, 0.3) is 0 Å². The summed E-state index contributed by atoms with van der Waals surface area (Å²) >= 11 is 1.37. The molecule has 134 valence electrons. The Labute approximate surface area is 152 Å². The molecule has 0 aliphatic carbocycles. The van der Waals surface area contributed by atoms with Gasteiger partial charge in [-0.3, -0.25) is 4.79 Å². The zero-order valence-electron chi connectivity index (χ0n) is 14.0. The Kier molecular flexibility index (Phi) is 5.37. The second-order valence-corrected chi connectivity index (χ2v) is 6.15. The summed E-state index contributed by atoms with van der Waals surface area (Å²) in [5, 5.41) is 8.40. The van der Waals surface area contributed by atoms with Gasteiger partial charge >= 0.3 is 5.97 Å². The van der Waals surface area contributed by atoms with Crippen LogP contribution in [0.25, 0.3) is 0 Å². The molecule has 2 heterocycles. The van der Waals surface area contributed by atoms with Crippen molar-refractivity contribution in [1.29, 1.82) is 0 Å². The molecule has 0 fully saturated rings. The monoisotopic (exact) mass is 373 g/mol. The highest BCUT2D eigenvalue weighted by Gasteiger charge is 2.14. The van der Waals surface area contributed by atoms with E-state index in [1.54, 1.807) is 29.1 Å². The number of carbonyl (C=O) groups excluding carboxylic acids is 1. The van der Waals surface area contributed by atoms with Crippen LogP contribution in [-0.2, 0) is 12.8 Å². The molecule has 9 heteroatoms. The number of hydrogen-bond donors (Lipinski definition) is 0. The molecule has 0 spiro atoms. The van der Waals surface area contributed by atoms with E-state index in [0.29, 0.717) is 22.4 Å². The molecule has 2 aromatic heterocycles. The lowest BCUT2D eigenvalue weighted by molar-refractivity contribution is 0.0728. The van der Waals surface area contributed by atoms with Gasteiger partial charge < -0.3 is 18.5 Å². The first-order chi connectivity index (χ1) is 12.6. The van der Waals surface area contributed by atoms with Crippen LogP contribution < -0.4 is 14.9 Å². The lowest BCUT2D eigenvalue weighted by Gasteiger charge is -2.06. The highest BCUT2D eigenvalue weighted by atomic mass is 32.2. The van der Waals surface area contributed by atoms with Crippen molar-refractivity contribution in [3.63, 3.8) is 0 Å². The third-order valence-corrected chi connectivity index (χ3v) is 4.43. The molecule has 1 aromatic carbocycles. The van der Waals surface area contributed by atoms with Crippen LogP contribution in [0.1, 0.15) is 16.1 Å². The van der Waals surface area contributed by atoms with Crippen molar-refractivity contribution in [2.75, 3.05) is 7.11 Å². The molecule has 0 unspecified atom stereocenters. The molecule has 0 aliphatic heterocycles. The van der Waals surface area contributed by atoms with Crippen LogP contribution in [-0.4, -0.2) is 27.8 Å². The minimum atomic E-state index is -0.669. The van der Waals surface area contributed by atoms with Gasteiger partial charge in [-0.25, -0.2) is 4.79 Å². The predicted molar refractivity (Wildman–Crippen MR) is 93.5 cm³/mol. The SMILES string of the molecule is COc1cccc(C(=O)Oc2coc(CSc3nncn3C)cc2=O)c1. The van der Waals surface area contributed by atoms with Crippen molar-refractivity contribution < 1.29 is 18.7 Å². The number of methoxy groups -OCH3 is 1. The fourth-order valence-electron chi connectivity index (χ4n) is 2.04. The first-order valence-corrected chi connectivity index (χ1v) is 8.50. The first kappa shape index (κ1) is 17.7. The van der Waals surface area contributed by atoms with E-state index in [-0.39, 0.29) is 11.3 Å². The van der Waals surface area contributed by atoms with E-state index in [0.717, 1.165) is 6.26 Å². The van der Waals surface area contributed by atoms with Gasteiger partial charge in [-0.2, -0.15) is 0 Å². The smallest absolute Gasteiger partial charge is 0.343 e. The van der Waals surface area contributed by atoms with E-state index in [2.05, 4.69) is 10.2 Å². The average Bonchev–Trinajstić information content (AvgIpc) is 3.07. The molecular formula is C17H15N3O5S.